The van der Waals surface area contributed by atoms with E-state index in [4.69, 9.17) is 9.98 Å². The molecule has 5 heteroatoms. The standard InChI is InChI=1S/C57H42N4S/c1-4-21-39(6-3)46-34-43(57-59-54(58-56(60-57)42-26-14-9-15-27-42)33-20-28-38(5-2)40-22-10-7-11-23-40)35-47(41-24-12-8-13-25-41)55(46)61-50-31-18-16-29-44(50)48-36-49-45-30-17-19-32-52(45)62-53(49)37-51(48)61/h4-37,56H,1-3H2,(H,58,59,60)/b33-20+,38-28+,39-21+. The molecule has 0 radical (unpaired) electrons. The van der Waals surface area contributed by atoms with Crippen molar-refractivity contribution >= 4 is 76.1 Å². The van der Waals surface area contributed by atoms with E-state index in [2.05, 4.69) is 163 Å². The maximum Gasteiger partial charge on any atom is 0.152 e. The number of para-hydroxylation sites is 1. The van der Waals surface area contributed by atoms with Crippen LogP contribution in [0.1, 0.15) is 28.4 Å². The molecule has 2 aromatic heterocycles. The average molecular weight is 815 g/mol. The molecule has 9 aromatic rings. The van der Waals surface area contributed by atoms with Crippen molar-refractivity contribution in [3.8, 4) is 16.8 Å². The van der Waals surface area contributed by atoms with Crippen molar-refractivity contribution in [1.82, 2.24) is 9.88 Å². The number of aliphatic imine (C=N–C) groups is 2. The molecule has 62 heavy (non-hydrogen) atoms. The lowest BCUT2D eigenvalue weighted by molar-refractivity contribution is 0.675. The van der Waals surface area contributed by atoms with Gasteiger partial charge in [0.25, 0.3) is 0 Å². The first-order valence-corrected chi connectivity index (χ1v) is 21.5. The topological polar surface area (TPSA) is 41.7 Å². The van der Waals surface area contributed by atoms with Crippen molar-refractivity contribution in [1.29, 1.82) is 0 Å². The molecule has 1 unspecified atom stereocenters. The van der Waals surface area contributed by atoms with Crippen LogP contribution in [0.2, 0.25) is 0 Å². The third kappa shape index (κ3) is 7.04. The molecule has 0 saturated carbocycles. The molecule has 10 rings (SSSR count). The first-order valence-electron chi connectivity index (χ1n) is 20.7. The van der Waals surface area contributed by atoms with Gasteiger partial charge in [-0.15, -0.1) is 11.3 Å². The molecule has 0 saturated heterocycles. The molecule has 3 heterocycles. The first kappa shape index (κ1) is 38.3. The summed E-state index contributed by atoms with van der Waals surface area (Å²) in [4.78, 5) is 10.3. The van der Waals surface area contributed by atoms with E-state index in [0.29, 0.717) is 11.7 Å². The summed E-state index contributed by atoms with van der Waals surface area (Å²) >= 11 is 1.84. The van der Waals surface area contributed by atoms with Crippen LogP contribution in [0.3, 0.4) is 0 Å². The van der Waals surface area contributed by atoms with Crippen LogP contribution in [0, 0.1) is 0 Å². The summed E-state index contributed by atoms with van der Waals surface area (Å²) in [6.45, 7) is 12.6. The second kappa shape index (κ2) is 16.7. The Labute approximate surface area is 365 Å². The second-order valence-electron chi connectivity index (χ2n) is 15.1. The third-order valence-corrected chi connectivity index (χ3v) is 12.5. The molecule has 4 nitrogen and oxygen atoms in total. The van der Waals surface area contributed by atoms with E-state index < -0.39 is 0 Å². The van der Waals surface area contributed by atoms with Gasteiger partial charge in [-0.2, -0.15) is 0 Å². The summed E-state index contributed by atoms with van der Waals surface area (Å²) in [5.74, 6) is 1.32. The van der Waals surface area contributed by atoms with Crippen LogP contribution in [0.25, 0.3) is 69.9 Å². The van der Waals surface area contributed by atoms with Gasteiger partial charge in [0, 0.05) is 47.6 Å². The van der Waals surface area contributed by atoms with Crippen molar-refractivity contribution in [3.05, 3.63) is 248 Å². The van der Waals surface area contributed by atoms with E-state index in [9.17, 15) is 0 Å². The van der Waals surface area contributed by atoms with Gasteiger partial charge in [0.1, 0.15) is 12.0 Å². The van der Waals surface area contributed by atoms with E-state index >= 15 is 0 Å². The highest BCUT2D eigenvalue weighted by Crippen LogP contribution is 2.44. The zero-order chi connectivity index (χ0) is 42.0. The Morgan fingerprint density at radius 3 is 2.05 bits per heavy atom. The molecule has 1 aliphatic heterocycles. The van der Waals surface area contributed by atoms with Crippen molar-refractivity contribution in [2.45, 2.75) is 6.17 Å². The van der Waals surface area contributed by atoms with Gasteiger partial charge < -0.3 is 9.88 Å². The highest BCUT2D eigenvalue weighted by Gasteiger charge is 2.25. The van der Waals surface area contributed by atoms with Gasteiger partial charge in [-0.25, -0.2) is 9.98 Å². The predicted molar refractivity (Wildman–Crippen MR) is 268 cm³/mol. The molecular weight excluding hydrogens is 773 g/mol. The number of benzene rings is 7. The summed E-state index contributed by atoms with van der Waals surface area (Å²) in [7, 11) is 0. The first-order chi connectivity index (χ1) is 30.6. The minimum atomic E-state index is -0.368. The monoisotopic (exact) mass is 814 g/mol. The lowest BCUT2D eigenvalue weighted by atomic mass is 9.91. The van der Waals surface area contributed by atoms with Crippen LogP contribution in [0.4, 0.5) is 0 Å². The fraction of sp³-hybridized carbons (Fsp3) is 0.0175. The van der Waals surface area contributed by atoms with Gasteiger partial charge in [0.15, 0.2) is 5.84 Å². The van der Waals surface area contributed by atoms with E-state index in [0.717, 1.165) is 61.2 Å². The predicted octanol–water partition coefficient (Wildman–Crippen LogP) is 14.8. The molecule has 0 spiro atoms. The minimum absolute atomic E-state index is 0.368. The average Bonchev–Trinajstić information content (AvgIpc) is 3.86. The number of thiophene rings is 1. The number of nitrogens with zero attached hydrogens (tertiary/aromatic N) is 3. The fourth-order valence-corrected chi connectivity index (χ4v) is 9.66. The van der Waals surface area contributed by atoms with Crippen molar-refractivity contribution in [2.75, 3.05) is 0 Å². The Kier molecular flexibility index (Phi) is 10.3. The van der Waals surface area contributed by atoms with Gasteiger partial charge in [-0.3, -0.25) is 0 Å². The number of hydrogen-bond acceptors (Lipinski definition) is 4. The molecule has 1 aliphatic rings. The minimum Gasteiger partial charge on any atom is -0.344 e. The van der Waals surface area contributed by atoms with Gasteiger partial charge in [-0.05, 0) is 70.3 Å². The van der Waals surface area contributed by atoms with Crippen LogP contribution in [-0.4, -0.2) is 16.2 Å². The Balaban J connectivity index is 1.23. The Morgan fingerprint density at radius 2 is 1.29 bits per heavy atom. The quantitative estimate of drug-likeness (QED) is 0.130. The van der Waals surface area contributed by atoms with E-state index in [1.807, 2.05) is 84.2 Å². The van der Waals surface area contributed by atoms with Crippen LogP contribution in [0.5, 0.6) is 0 Å². The Morgan fingerprint density at radius 1 is 0.597 bits per heavy atom. The number of aromatic nitrogens is 1. The lowest BCUT2D eigenvalue weighted by Crippen LogP contribution is -2.33. The molecule has 1 N–H and O–H groups in total. The zero-order valence-corrected chi connectivity index (χ0v) is 34.9. The molecule has 0 bridgehead atoms. The normalized spacial score (nSPS) is 14.6. The Hall–Kier alpha value is -7.86. The molecule has 296 valence electrons. The van der Waals surface area contributed by atoms with Gasteiger partial charge in [-0.1, -0.05) is 184 Å². The lowest BCUT2D eigenvalue weighted by Gasteiger charge is -2.25. The summed E-state index contributed by atoms with van der Waals surface area (Å²) in [5, 5.41) is 8.67. The molecule has 0 amide bonds. The largest absolute Gasteiger partial charge is 0.344 e. The van der Waals surface area contributed by atoms with Crippen LogP contribution in [-0.2, 0) is 0 Å². The number of hydrogen-bond donors (Lipinski definition) is 1. The van der Waals surface area contributed by atoms with Crippen molar-refractivity contribution < 1.29 is 0 Å². The fourth-order valence-electron chi connectivity index (χ4n) is 8.53. The van der Waals surface area contributed by atoms with Gasteiger partial charge >= 0.3 is 0 Å². The number of nitrogens with one attached hydrogen (secondary N) is 1. The highest BCUT2D eigenvalue weighted by atomic mass is 32.1. The second-order valence-corrected chi connectivity index (χ2v) is 16.2. The molecular formula is C57H42N4S. The third-order valence-electron chi connectivity index (χ3n) is 11.4. The van der Waals surface area contributed by atoms with Crippen LogP contribution >= 0.6 is 11.3 Å². The highest BCUT2D eigenvalue weighted by molar-refractivity contribution is 7.25. The summed E-state index contributed by atoms with van der Waals surface area (Å²) in [6.07, 6.45) is 13.3. The summed E-state index contributed by atoms with van der Waals surface area (Å²) < 4.78 is 4.98. The molecule has 7 aromatic carbocycles. The number of fused-ring (bicyclic) bond motifs is 6. The summed E-state index contributed by atoms with van der Waals surface area (Å²) in [5.41, 5.74) is 11.4. The number of rotatable bonds is 11. The Bertz CT molecular complexity index is 3360. The number of allylic oxidation sites excluding steroid dienone is 8. The molecule has 1 atom stereocenters. The SMILES string of the molecule is C=C/C=C(\C=C)c1cc(C2=NC(/C=C/C=C(\C=C)c3ccccc3)=NC(c3ccccc3)N2)cc(-c2ccccc2)c1-n1c2ccccc2c2cc3c(cc21)sc1ccccc13. The van der Waals surface area contributed by atoms with E-state index in [1.54, 1.807) is 0 Å². The van der Waals surface area contributed by atoms with Crippen LogP contribution < -0.4 is 5.32 Å². The maximum absolute atomic E-state index is 5.22. The smallest absolute Gasteiger partial charge is 0.152 e. The number of amidine groups is 2. The van der Waals surface area contributed by atoms with Crippen molar-refractivity contribution in [3.63, 3.8) is 0 Å². The van der Waals surface area contributed by atoms with Gasteiger partial charge in [0.05, 0.1) is 16.7 Å². The van der Waals surface area contributed by atoms with E-state index in [1.165, 1.54) is 30.9 Å². The van der Waals surface area contributed by atoms with E-state index in [-0.39, 0.29) is 6.17 Å². The van der Waals surface area contributed by atoms with Crippen LogP contribution in [0.15, 0.2) is 236 Å². The summed E-state index contributed by atoms with van der Waals surface area (Å²) in [6, 6.07) is 57.9. The maximum atomic E-state index is 5.22. The van der Waals surface area contributed by atoms with Crippen molar-refractivity contribution in [2.24, 2.45) is 9.98 Å². The molecule has 0 aliphatic carbocycles. The zero-order valence-electron chi connectivity index (χ0n) is 34.1. The molecule has 0 fully saturated rings. The van der Waals surface area contributed by atoms with Gasteiger partial charge in [0.2, 0.25) is 0 Å².